The van der Waals surface area contributed by atoms with Crippen LogP contribution >= 0.6 is 0 Å². The molecule has 1 aliphatic rings. The maximum Gasteiger partial charge on any atom is -0.0149 e. The van der Waals surface area contributed by atoms with Crippen molar-refractivity contribution in [3.8, 4) is 0 Å². The van der Waals surface area contributed by atoms with E-state index in [1.807, 2.05) is 6.08 Å². The molecule has 0 spiro atoms. The molecule has 0 heteroatoms. The summed E-state index contributed by atoms with van der Waals surface area (Å²) in [7, 11) is 0. The minimum atomic E-state index is 1.15. The molecule has 0 bridgehead atoms. The van der Waals surface area contributed by atoms with Gasteiger partial charge in [-0.3, -0.25) is 0 Å². The highest BCUT2D eigenvalue weighted by molar-refractivity contribution is 5.82. The molecule has 0 N–H and O–H groups in total. The van der Waals surface area contributed by atoms with E-state index in [1.54, 1.807) is 0 Å². The van der Waals surface area contributed by atoms with Crippen molar-refractivity contribution in [3.63, 3.8) is 0 Å². The molecular formula is C20H20. The van der Waals surface area contributed by atoms with E-state index < -0.39 is 0 Å². The monoisotopic (exact) mass is 260 g/mol. The van der Waals surface area contributed by atoms with Crippen LogP contribution in [0.5, 0.6) is 0 Å². The molecule has 0 fully saturated rings. The second kappa shape index (κ2) is 5.50. The zero-order chi connectivity index (χ0) is 13.9. The summed E-state index contributed by atoms with van der Waals surface area (Å²) in [6, 6.07) is 15.6. The first-order valence-electron chi connectivity index (χ1n) is 7.31. The van der Waals surface area contributed by atoms with Crippen molar-refractivity contribution in [2.24, 2.45) is 0 Å². The van der Waals surface area contributed by atoms with Gasteiger partial charge in [0.25, 0.3) is 0 Å². The van der Waals surface area contributed by atoms with Crippen molar-refractivity contribution in [2.45, 2.75) is 26.2 Å². The second-order valence-corrected chi connectivity index (χ2v) is 5.50. The van der Waals surface area contributed by atoms with Gasteiger partial charge in [-0.1, -0.05) is 66.8 Å². The molecule has 2 aromatic rings. The SMILES string of the molecule is C=Cc1ccc2c(c1)CCCC=C2c1ccc(C)cc1. The first kappa shape index (κ1) is 12.9. The first-order valence-corrected chi connectivity index (χ1v) is 7.31. The predicted octanol–water partition coefficient (Wildman–Crippen LogP) is 5.41. The fourth-order valence-corrected chi connectivity index (χ4v) is 2.87. The van der Waals surface area contributed by atoms with Crippen LogP contribution in [0.3, 0.4) is 0 Å². The second-order valence-electron chi connectivity index (χ2n) is 5.50. The Morgan fingerprint density at radius 2 is 1.85 bits per heavy atom. The van der Waals surface area contributed by atoms with Gasteiger partial charge < -0.3 is 0 Å². The molecule has 0 saturated carbocycles. The third-order valence-electron chi connectivity index (χ3n) is 4.02. The maximum absolute atomic E-state index is 3.88. The van der Waals surface area contributed by atoms with E-state index in [0.717, 1.165) is 12.8 Å². The van der Waals surface area contributed by atoms with E-state index in [1.165, 1.54) is 39.8 Å². The lowest BCUT2D eigenvalue weighted by Crippen LogP contribution is -1.94. The lowest BCUT2D eigenvalue weighted by molar-refractivity contribution is 0.851. The smallest absolute Gasteiger partial charge is 0.0149 e. The highest BCUT2D eigenvalue weighted by Crippen LogP contribution is 2.31. The van der Waals surface area contributed by atoms with E-state index >= 15 is 0 Å². The summed E-state index contributed by atoms with van der Waals surface area (Å²) < 4.78 is 0. The fraction of sp³-hybridized carbons (Fsp3) is 0.200. The Bertz CT molecular complexity index is 657. The molecule has 0 aromatic heterocycles. The molecule has 3 rings (SSSR count). The molecule has 0 aliphatic heterocycles. The lowest BCUT2D eigenvalue weighted by Gasteiger charge is -2.12. The van der Waals surface area contributed by atoms with Crippen molar-refractivity contribution in [1.29, 1.82) is 0 Å². The minimum absolute atomic E-state index is 1.15. The van der Waals surface area contributed by atoms with Crippen LogP contribution in [0.2, 0.25) is 0 Å². The van der Waals surface area contributed by atoms with Gasteiger partial charge in [0.1, 0.15) is 0 Å². The van der Waals surface area contributed by atoms with Crippen LogP contribution in [0.25, 0.3) is 11.6 Å². The molecule has 20 heavy (non-hydrogen) atoms. The lowest BCUT2D eigenvalue weighted by atomic mass is 9.92. The van der Waals surface area contributed by atoms with E-state index in [2.05, 4.69) is 62.0 Å². The van der Waals surface area contributed by atoms with Crippen LogP contribution in [0.4, 0.5) is 0 Å². The third kappa shape index (κ3) is 2.46. The van der Waals surface area contributed by atoms with Crippen molar-refractivity contribution < 1.29 is 0 Å². The molecule has 0 atom stereocenters. The molecule has 0 nitrogen and oxygen atoms in total. The van der Waals surface area contributed by atoms with Crippen molar-refractivity contribution in [1.82, 2.24) is 0 Å². The van der Waals surface area contributed by atoms with Crippen LogP contribution in [-0.4, -0.2) is 0 Å². The van der Waals surface area contributed by atoms with Gasteiger partial charge in [0, 0.05) is 0 Å². The Kier molecular flexibility index (Phi) is 3.56. The number of allylic oxidation sites excluding steroid dienone is 1. The zero-order valence-corrected chi connectivity index (χ0v) is 12.0. The Balaban J connectivity index is 2.10. The topological polar surface area (TPSA) is 0 Å². The van der Waals surface area contributed by atoms with Gasteiger partial charge in [-0.25, -0.2) is 0 Å². The first-order chi connectivity index (χ1) is 9.78. The Labute approximate surface area is 121 Å². The van der Waals surface area contributed by atoms with Crippen molar-refractivity contribution >= 4 is 11.6 Å². The van der Waals surface area contributed by atoms with Crippen LogP contribution < -0.4 is 0 Å². The molecule has 2 aromatic carbocycles. The average molecular weight is 260 g/mol. The van der Waals surface area contributed by atoms with Gasteiger partial charge in [-0.05, 0) is 54.0 Å². The predicted molar refractivity (Wildman–Crippen MR) is 87.7 cm³/mol. The van der Waals surface area contributed by atoms with Gasteiger partial charge in [0.15, 0.2) is 0 Å². The van der Waals surface area contributed by atoms with Crippen molar-refractivity contribution in [3.05, 3.63) is 82.9 Å². The standard InChI is InChI=1S/C20H20/c1-3-16-10-13-20-18(14-16)6-4-5-7-19(20)17-11-8-15(2)9-12-17/h3,7-14H,1,4-6H2,2H3. The third-order valence-corrected chi connectivity index (χ3v) is 4.02. The molecule has 0 radical (unpaired) electrons. The number of benzene rings is 2. The number of hydrogen-bond acceptors (Lipinski definition) is 0. The molecule has 1 aliphatic carbocycles. The van der Waals surface area contributed by atoms with Gasteiger partial charge in [-0.15, -0.1) is 0 Å². The minimum Gasteiger partial charge on any atom is -0.0985 e. The Morgan fingerprint density at radius 3 is 2.60 bits per heavy atom. The molecule has 0 heterocycles. The molecule has 0 amide bonds. The summed E-state index contributed by atoms with van der Waals surface area (Å²) in [5.41, 5.74) is 8.07. The Morgan fingerprint density at radius 1 is 1.05 bits per heavy atom. The molecule has 0 unspecified atom stereocenters. The van der Waals surface area contributed by atoms with Crippen LogP contribution in [0.15, 0.2) is 55.1 Å². The summed E-state index contributed by atoms with van der Waals surface area (Å²) in [5, 5.41) is 0. The van der Waals surface area contributed by atoms with Gasteiger partial charge in [0.2, 0.25) is 0 Å². The quantitative estimate of drug-likeness (QED) is 0.677. The van der Waals surface area contributed by atoms with Crippen molar-refractivity contribution in [2.75, 3.05) is 0 Å². The maximum atomic E-state index is 3.88. The number of fused-ring (bicyclic) bond motifs is 1. The van der Waals surface area contributed by atoms with E-state index in [9.17, 15) is 0 Å². The highest BCUT2D eigenvalue weighted by Gasteiger charge is 2.13. The van der Waals surface area contributed by atoms with Crippen LogP contribution in [0, 0.1) is 6.92 Å². The fourth-order valence-electron chi connectivity index (χ4n) is 2.87. The van der Waals surface area contributed by atoms with Gasteiger partial charge in [0.05, 0.1) is 0 Å². The van der Waals surface area contributed by atoms with Gasteiger partial charge in [-0.2, -0.15) is 0 Å². The number of hydrogen-bond donors (Lipinski definition) is 0. The number of rotatable bonds is 2. The summed E-state index contributed by atoms with van der Waals surface area (Å²) >= 11 is 0. The summed E-state index contributed by atoms with van der Waals surface area (Å²) in [6.07, 6.45) is 7.86. The van der Waals surface area contributed by atoms with Crippen LogP contribution in [-0.2, 0) is 6.42 Å². The van der Waals surface area contributed by atoms with E-state index in [4.69, 9.17) is 0 Å². The highest BCUT2D eigenvalue weighted by atomic mass is 14.2. The van der Waals surface area contributed by atoms with Crippen LogP contribution in [0.1, 0.15) is 40.7 Å². The zero-order valence-electron chi connectivity index (χ0n) is 12.0. The Hall–Kier alpha value is -2.08. The molecule has 100 valence electrons. The van der Waals surface area contributed by atoms with E-state index in [-0.39, 0.29) is 0 Å². The van der Waals surface area contributed by atoms with Gasteiger partial charge >= 0.3 is 0 Å². The molecule has 0 saturated heterocycles. The summed E-state index contributed by atoms with van der Waals surface area (Å²) in [6.45, 7) is 6.01. The average Bonchev–Trinajstić information content (AvgIpc) is 2.69. The van der Waals surface area contributed by atoms with E-state index in [0.29, 0.717) is 0 Å². The molecular weight excluding hydrogens is 240 g/mol. The number of aryl methyl sites for hydroxylation is 2. The largest absolute Gasteiger partial charge is 0.0985 e. The summed E-state index contributed by atoms with van der Waals surface area (Å²) in [5.74, 6) is 0. The summed E-state index contributed by atoms with van der Waals surface area (Å²) in [4.78, 5) is 0. The normalized spacial score (nSPS) is 14.2.